The highest BCUT2D eigenvalue weighted by Gasteiger charge is 2.19. The van der Waals surface area contributed by atoms with Crippen LogP contribution in [0.25, 0.3) is 0 Å². The summed E-state index contributed by atoms with van der Waals surface area (Å²) in [7, 11) is -3.72. The highest BCUT2D eigenvalue weighted by molar-refractivity contribution is 7.92. The molecule has 4 N–H and O–H groups in total. The molecule has 2 rings (SSSR count). The number of sulfonamides is 1. The van der Waals surface area contributed by atoms with Crippen LogP contribution in [-0.2, 0) is 10.0 Å². The lowest BCUT2D eigenvalue weighted by Crippen LogP contribution is -2.13. The van der Waals surface area contributed by atoms with E-state index < -0.39 is 10.0 Å². The third-order valence-electron chi connectivity index (χ3n) is 2.31. The van der Waals surface area contributed by atoms with E-state index in [0.717, 1.165) is 0 Å². The minimum atomic E-state index is -3.72. The molecule has 6 nitrogen and oxygen atoms in total. The lowest BCUT2D eigenvalue weighted by Gasteiger charge is -2.09. The molecule has 0 aliphatic rings. The number of rotatable bonds is 3. The third-order valence-corrected chi connectivity index (χ3v) is 4.12. The van der Waals surface area contributed by atoms with Gasteiger partial charge in [-0.1, -0.05) is 11.6 Å². The Labute approximate surface area is 109 Å². The molecule has 1 aromatic carbocycles. The minimum Gasteiger partial charge on any atom is -0.399 e. The first kappa shape index (κ1) is 12.7. The summed E-state index contributed by atoms with van der Waals surface area (Å²) in [5.74, 6) is 0. The standard InChI is InChI=1S/C10H11ClN4O2S/c1-6-10(5-13-14-6)18(16,17)15-9-4-7(12)2-3-8(9)11/h2-5,15H,12H2,1H3,(H,13,14). The Hall–Kier alpha value is -1.73. The van der Waals surface area contributed by atoms with Crippen LogP contribution in [0.4, 0.5) is 11.4 Å². The summed E-state index contributed by atoms with van der Waals surface area (Å²) in [5, 5.41) is 6.50. The van der Waals surface area contributed by atoms with Gasteiger partial charge in [-0.25, -0.2) is 8.42 Å². The number of aromatic amines is 1. The van der Waals surface area contributed by atoms with Gasteiger partial charge in [0, 0.05) is 5.69 Å². The van der Waals surface area contributed by atoms with E-state index >= 15 is 0 Å². The third kappa shape index (κ3) is 2.41. The molecule has 96 valence electrons. The van der Waals surface area contributed by atoms with Gasteiger partial charge in [-0.3, -0.25) is 9.82 Å². The highest BCUT2D eigenvalue weighted by atomic mass is 35.5. The fourth-order valence-corrected chi connectivity index (χ4v) is 2.86. The van der Waals surface area contributed by atoms with Crippen molar-refractivity contribution in [2.45, 2.75) is 11.8 Å². The fraction of sp³-hybridized carbons (Fsp3) is 0.100. The molecule has 0 fully saturated rings. The van der Waals surface area contributed by atoms with Crippen LogP contribution in [0, 0.1) is 6.92 Å². The summed E-state index contributed by atoms with van der Waals surface area (Å²) in [5.41, 5.74) is 6.68. The minimum absolute atomic E-state index is 0.0704. The van der Waals surface area contributed by atoms with Crippen molar-refractivity contribution in [1.82, 2.24) is 10.2 Å². The fourth-order valence-electron chi connectivity index (χ4n) is 1.43. The van der Waals surface area contributed by atoms with Gasteiger partial charge in [0.25, 0.3) is 10.0 Å². The molecular formula is C10H11ClN4O2S. The number of aryl methyl sites for hydroxylation is 1. The number of benzene rings is 1. The Bertz CT molecular complexity index is 681. The van der Waals surface area contributed by atoms with Crippen LogP contribution in [0.3, 0.4) is 0 Å². The second-order valence-electron chi connectivity index (χ2n) is 3.70. The van der Waals surface area contributed by atoms with Crippen molar-refractivity contribution in [1.29, 1.82) is 0 Å². The van der Waals surface area contributed by atoms with Crippen LogP contribution in [0.2, 0.25) is 5.02 Å². The zero-order valence-electron chi connectivity index (χ0n) is 9.44. The summed E-state index contributed by atoms with van der Waals surface area (Å²) in [6.45, 7) is 1.61. The van der Waals surface area contributed by atoms with E-state index in [1.165, 1.54) is 18.3 Å². The predicted octanol–water partition coefficient (Wildman–Crippen LogP) is 1.75. The first-order chi connectivity index (χ1) is 8.40. The SMILES string of the molecule is Cc1[nH]ncc1S(=O)(=O)Nc1cc(N)ccc1Cl. The number of nitrogens with one attached hydrogen (secondary N) is 2. The Morgan fingerprint density at radius 2 is 2.17 bits per heavy atom. The second kappa shape index (κ2) is 4.51. The normalized spacial score (nSPS) is 11.4. The Balaban J connectivity index is 2.40. The molecule has 0 radical (unpaired) electrons. The number of nitrogens with two attached hydrogens (primary N) is 1. The molecule has 0 saturated heterocycles. The molecule has 0 bridgehead atoms. The zero-order chi connectivity index (χ0) is 13.3. The van der Waals surface area contributed by atoms with E-state index in [0.29, 0.717) is 11.4 Å². The molecule has 0 saturated carbocycles. The molecule has 0 aliphatic heterocycles. The maximum atomic E-state index is 12.1. The lowest BCUT2D eigenvalue weighted by molar-refractivity contribution is 0.600. The average Bonchev–Trinajstić information content (AvgIpc) is 2.70. The van der Waals surface area contributed by atoms with E-state index in [9.17, 15) is 8.42 Å². The summed E-state index contributed by atoms with van der Waals surface area (Å²) in [4.78, 5) is 0.0704. The smallest absolute Gasteiger partial charge is 0.265 e. The van der Waals surface area contributed by atoms with Crippen molar-refractivity contribution in [3.63, 3.8) is 0 Å². The summed E-state index contributed by atoms with van der Waals surface area (Å²) in [6, 6.07) is 4.56. The maximum Gasteiger partial charge on any atom is 0.265 e. The number of aromatic nitrogens is 2. The molecular weight excluding hydrogens is 276 g/mol. The molecule has 1 aromatic heterocycles. The summed E-state index contributed by atoms with van der Waals surface area (Å²) < 4.78 is 26.5. The van der Waals surface area contributed by atoms with Crippen LogP contribution >= 0.6 is 11.6 Å². The van der Waals surface area contributed by atoms with Gasteiger partial charge in [-0.05, 0) is 25.1 Å². The Kier molecular flexibility index (Phi) is 3.18. The van der Waals surface area contributed by atoms with Gasteiger partial charge in [-0.2, -0.15) is 5.10 Å². The van der Waals surface area contributed by atoms with E-state index in [1.54, 1.807) is 13.0 Å². The number of hydrogen-bond acceptors (Lipinski definition) is 4. The number of H-pyrrole nitrogens is 1. The average molecular weight is 287 g/mol. The van der Waals surface area contributed by atoms with Gasteiger partial charge in [0.05, 0.1) is 22.6 Å². The van der Waals surface area contributed by atoms with Gasteiger partial charge in [0.15, 0.2) is 0 Å². The van der Waals surface area contributed by atoms with Crippen molar-refractivity contribution in [2.75, 3.05) is 10.5 Å². The Morgan fingerprint density at radius 3 is 2.78 bits per heavy atom. The van der Waals surface area contributed by atoms with Crippen molar-refractivity contribution in [2.24, 2.45) is 0 Å². The van der Waals surface area contributed by atoms with Crippen molar-refractivity contribution >= 4 is 33.0 Å². The number of halogens is 1. The Morgan fingerprint density at radius 1 is 1.44 bits per heavy atom. The van der Waals surface area contributed by atoms with Crippen LogP contribution in [-0.4, -0.2) is 18.6 Å². The molecule has 0 aliphatic carbocycles. The molecule has 0 unspecified atom stereocenters. The van der Waals surface area contributed by atoms with Gasteiger partial charge in [-0.15, -0.1) is 0 Å². The molecule has 0 atom stereocenters. The van der Waals surface area contributed by atoms with Crippen LogP contribution in [0.5, 0.6) is 0 Å². The monoisotopic (exact) mass is 286 g/mol. The van der Waals surface area contributed by atoms with Crippen LogP contribution in [0.1, 0.15) is 5.69 Å². The van der Waals surface area contributed by atoms with Gasteiger partial charge in [0.2, 0.25) is 0 Å². The van der Waals surface area contributed by atoms with E-state index in [1.807, 2.05) is 0 Å². The summed E-state index contributed by atoms with van der Waals surface area (Å²) in [6.07, 6.45) is 1.23. The van der Waals surface area contributed by atoms with Crippen molar-refractivity contribution in [3.8, 4) is 0 Å². The van der Waals surface area contributed by atoms with Crippen LogP contribution in [0.15, 0.2) is 29.3 Å². The van der Waals surface area contributed by atoms with Crippen molar-refractivity contribution in [3.05, 3.63) is 35.1 Å². The molecule has 1 heterocycles. The van der Waals surface area contributed by atoms with Gasteiger partial charge in [0.1, 0.15) is 4.90 Å². The lowest BCUT2D eigenvalue weighted by atomic mass is 10.3. The largest absolute Gasteiger partial charge is 0.399 e. The molecule has 2 aromatic rings. The van der Waals surface area contributed by atoms with Gasteiger partial charge >= 0.3 is 0 Å². The van der Waals surface area contributed by atoms with E-state index in [2.05, 4.69) is 14.9 Å². The first-order valence-electron chi connectivity index (χ1n) is 4.98. The number of anilines is 2. The molecule has 8 heteroatoms. The van der Waals surface area contributed by atoms with E-state index in [4.69, 9.17) is 17.3 Å². The molecule has 0 spiro atoms. The highest BCUT2D eigenvalue weighted by Crippen LogP contribution is 2.27. The van der Waals surface area contributed by atoms with E-state index in [-0.39, 0.29) is 15.6 Å². The predicted molar refractivity (Wildman–Crippen MR) is 70.0 cm³/mol. The topological polar surface area (TPSA) is 101 Å². The summed E-state index contributed by atoms with van der Waals surface area (Å²) >= 11 is 5.90. The number of nitrogens with zero attached hydrogens (tertiary/aromatic N) is 1. The van der Waals surface area contributed by atoms with Crippen molar-refractivity contribution < 1.29 is 8.42 Å². The zero-order valence-corrected chi connectivity index (χ0v) is 11.0. The quantitative estimate of drug-likeness (QED) is 0.748. The van der Waals surface area contributed by atoms with Gasteiger partial charge < -0.3 is 5.73 Å². The molecule has 0 amide bonds. The first-order valence-corrected chi connectivity index (χ1v) is 6.84. The second-order valence-corrected chi connectivity index (χ2v) is 5.76. The number of nitrogen functional groups attached to an aromatic ring is 1. The van der Waals surface area contributed by atoms with Crippen LogP contribution < -0.4 is 10.5 Å². The maximum absolute atomic E-state index is 12.1. The molecule has 18 heavy (non-hydrogen) atoms. The number of hydrogen-bond donors (Lipinski definition) is 3.